The zero-order chi connectivity index (χ0) is 14.3. The van der Waals surface area contributed by atoms with Crippen LogP contribution in [0.4, 0.5) is 13.2 Å². The van der Waals surface area contributed by atoms with Gasteiger partial charge in [-0.1, -0.05) is 22.0 Å². The number of fused-ring (bicyclic) bond motifs is 1. The van der Waals surface area contributed by atoms with E-state index in [1.165, 1.54) is 0 Å². The van der Waals surface area contributed by atoms with Crippen molar-refractivity contribution in [2.45, 2.75) is 18.3 Å². The summed E-state index contributed by atoms with van der Waals surface area (Å²) in [6.07, 6.45) is 0.571. The summed E-state index contributed by atoms with van der Waals surface area (Å²) >= 11 is 3.29. The van der Waals surface area contributed by atoms with Crippen molar-refractivity contribution in [2.24, 2.45) is 0 Å². The van der Waals surface area contributed by atoms with Crippen molar-refractivity contribution >= 4 is 26.0 Å². The van der Waals surface area contributed by atoms with Gasteiger partial charge in [0.1, 0.15) is 0 Å². The molecular weight excluding hydrogens is 347 g/mol. The van der Waals surface area contributed by atoms with E-state index < -0.39 is 15.5 Å². The molecule has 0 aromatic heterocycles. The fourth-order valence-electron chi connectivity index (χ4n) is 2.06. The molecule has 1 heterocycles. The van der Waals surface area contributed by atoms with E-state index in [0.29, 0.717) is 4.31 Å². The first-order chi connectivity index (χ1) is 8.72. The largest absolute Gasteiger partial charge is 0.511 e. The van der Waals surface area contributed by atoms with Gasteiger partial charge in [0, 0.05) is 17.6 Å². The predicted octanol–water partition coefficient (Wildman–Crippen LogP) is 2.70. The summed E-state index contributed by atoms with van der Waals surface area (Å²) in [5, 5.41) is 0. The highest BCUT2D eigenvalue weighted by molar-refractivity contribution is 9.10. The van der Waals surface area contributed by atoms with Crippen molar-refractivity contribution in [1.29, 1.82) is 0 Å². The van der Waals surface area contributed by atoms with E-state index in [1.807, 2.05) is 12.1 Å². The molecule has 0 radical (unpaired) electrons. The predicted molar refractivity (Wildman–Crippen MR) is 68.1 cm³/mol. The van der Waals surface area contributed by atoms with E-state index >= 15 is 0 Å². The third kappa shape index (κ3) is 2.95. The second-order valence-corrected chi connectivity index (χ2v) is 7.11. The molecule has 3 nitrogen and oxygen atoms in total. The van der Waals surface area contributed by atoms with Gasteiger partial charge in [0.2, 0.25) is 0 Å². The molecule has 106 valence electrons. The molecule has 1 aromatic carbocycles. The summed E-state index contributed by atoms with van der Waals surface area (Å²) < 4.78 is 61.6. The van der Waals surface area contributed by atoms with E-state index in [1.54, 1.807) is 6.07 Å². The molecule has 2 rings (SSSR count). The Morgan fingerprint density at radius 3 is 2.26 bits per heavy atom. The maximum absolute atomic E-state index is 12.5. The van der Waals surface area contributed by atoms with E-state index in [9.17, 15) is 21.6 Å². The molecule has 0 unspecified atom stereocenters. The number of hydrogen-bond donors (Lipinski definition) is 0. The Hall–Kier alpha value is -0.600. The maximum Gasteiger partial charge on any atom is 0.511 e. The average Bonchev–Trinajstić information content (AvgIpc) is 2.49. The number of benzene rings is 1. The van der Waals surface area contributed by atoms with Crippen molar-refractivity contribution in [3.63, 3.8) is 0 Å². The van der Waals surface area contributed by atoms with Gasteiger partial charge in [0.25, 0.3) is 0 Å². The van der Waals surface area contributed by atoms with Gasteiger partial charge in [-0.15, -0.1) is 0 Å². The SMILES string of the molecule is O=S(=O)(N1CCc2ccc(Br)cc2CC1)C(F)(F)F. The maximum atomic E-state index is 12.5. The Labute approximate surface area is 117 Å². The number of alkyl halides is 3. The van der Waals surface area contributed by atoms with Gasteiger partial charge in [-0.2, -0.15) is 17.5 Å². The van der Waals surface area contributed by atoms with Crippen molar-refractivity contribution < 1.29 is 21.6 Å². The van der Waals surface area contributed by atoms with E-state index in [4.69, 9.17) is 0 Å². The molecular formula is C11H11BrF3NO2S. The molecule has 0 N–H and O–H groups in total. The lowest BCUT2D eigenvalue weighted by molar-refractivity contribution is -0.0488. The number of hydrogen-bond acceptors (Lipinski definition) is 2. The molecule has 0 saturated carbocycles. The first kappa shape index (κ1) is 14.8. The topological polar surface area (TPSA) is 37.4 Å². The summed E-state index contributed by atoms with van der Waals surface area (Å²) in [4.78, 5) is 0. The lowest BCUT2D eigenvalue weighted by Crippen LogP contribution is -2.42. The monoisotopic (exact) mass is 357 g/mol. The highest BCUT2D eigenvalue weighted by Gasteiger charge is 2.49. The Morgan fingerprint density at radius 2 is 1.68 bits per heavy atom. The molecule has 0 bridgehead atoms. The van der Waals surface area contributed by atoms with Crippen LogP contribution < -0.4 is 0 Å². The molecule has 0 atom stereocenters. The minimum Gasteiger partial charge on any atom is -0.203 e. The number of halogens is 4. The van der Waals surface area contributed by atoms with Crippen LogP contribution in [0.2, 0.25) is 0 Å². The second kappa shape index (κ2) is 5.06. The molecule has 1 aliphatic heterocycles. The summed E-state index contributed by atoms with van der Waals surface area (Å²) in [5.41, 5.74) is -3.46. The summed E-state index contributed by atoms with van der Waals surface area (Å²) in [5.74, 6) is 0. The molecule has 0 saturated heterocycles. The smallest absolute Gasteiger partial charge is 0.203 e. The molecule has 19 heavy (non-hydrogen) atoms. The third-order valence-electron chi connectivity index (χ3n) is 3.06. The van der Waals surface area contributed by atoms with Gasteiger partial charge in [0.15, 0.2) is 0 Å². The molecule has 0 aliphatic carbocycles. The van der Waals surface area contributed by atoms with E-state index in [2.05, 4.69) is 15.9 Å². The van der Waals surface area contributed by atoms with Crippen molar-refractivity contribution in [3.05, 3.63) is 33.8 Å². The van der Waals surface area contributed by atoms with Crippen molar-refractivity contribution in [1.82, 2.24) is 4.31 Å². The summed E-state index contributed by atoms with van der Waals surface area (Å²) in [6.45, 7) is -0.290. The van der Waals surface area contributed by atoms with Crippen LogP contribution in [0.15, 0.2) is 22.7 Å². The number of sulfonamides is 1. The van der Waals surface area contributed by atoms with E-state index in [-0.39, 0.29) is 25.9 Å². The first-order valence-electron chi connectivity index (χ1n) is 5.55. The van der Waals surface area contributed by atoms with Gasteiger partial charge in [-0.05, 0) is 36.1 Å². The van der Waals surface area contributed by atoms with Crippen LogP contribution in [-0.4, -0.2) is 31.3 Å². The Kier molecular flexibility index (Phi) is 3.95. The van der Waals surface area contributed by atoms with Gasteiger partial charge < -0.3 is 0 Å². The number of rotatable bonds is 1. The number of nitrogens with zero attached hydrogens (tertiary/aromatic N) is 1. The highest BCUT2D eigenvalue weighted by Crippen LogP contribution is 2.29. The molecule has 1 aromatic rings. The van der Waals surface area contributed by atoms with Gasteiger partial charge in [-0.25, -0.2) is 8.42 Å². The molecule has 0 fully saturated rings. The van der Waals surface area contributed by atoms with E-state index in [0.717, 1.165) is 15.6 Å². The summed E-state index contributed by atoms with van der Waals surface area (Å²) in [7, 11) is -5.23. The van der Waals surface area contributed by atoms with Crippen LogP contribution in [0.1, 0.15) is 11.1 Å². The standard InChI is InChI=1S/C11H11BrF3NO2S/c12-10-2-1-8-3-5-16(6-4-9(8)7-10)19(17,18)11(13,14)15/h1-2,7H,3-6H2. The Bertz CT molecular complexity index is 586. The zero-order valence-corrected chi connectivity index (χ0v) is 12.1. The minimum absolute atomic E-state index is 0.142. The molecule has 0 spiro atoms. The zero-order valence-electron chi connectivity index (χ0n) is 9.74. The van der Waals surface area contributed by atoms with Gasteiger partial charge >= 0.3 is 15.5 Å². The van der Waals surface area contributed by atoms with Crippen molar-refractivity contribution in [2.75, 3.05) is 13.1 Å². The van der Waals surface area contributed by atoms with Crippen LogP contribution in [0.5, 0.6) is 0 Å². The lowest BCUT2D eigenvalue weighted by Gasteiger charge is -2.20. The Balaban J connectivity index is 2.25. The average molecular weight is 358 g/mol. The second-order valence-electron chi connectivity index (χ2n) is 4.26. The molecule has 1 aliphatic rings. The van der Waals surface area contributed by atoms with Crippen LogP contribution in [-0.2, 0) is 22.9 Å². The lowest BCUT2D eigenvalue weighted by atomic mass is 10.0. The fraction of sp³-hybridized carbons (Fsp3) is 0.455. The van der Waals surface area contributed by atoms with Crippen LogP contribution >= 0.6 is 15.9 Å². The van der Waals surface area contributed by atoms with Crippen LogP contribution in [0.3, 0.4) is 0 Å². The molecule has 8 heteroatoms. The highest BCUT2D eigenvalue weighted by atomic mass is 79.9. The van der Waals surface area contributed by atoms with Crippen LogP contribution in [0.25, 0.3) is 0 Å². The quantitative estimate of drug-likeness (QED) is 0.774. The third-order valence-corrected chi connectivity index (χ3v) is 5.19. The van der Waals surface area contributed by atoms with Gasteiger partial charge in [-0.3, -0.25) is 0 Å². The summed E-state index contributed by atoms with van der Waals surface area (Å²) in [6, 6.07) is 5.43. The van der Waals surface area contributed by atoms with Crippen molar-refractivity contribution in [3.8, 4) is 0 Å². The van der Waals surface area contributed by atoms with Gasteiger partial charge in [0.05, 0.1) is 0 Å². The van der Waals surface area contributed by atoms with Crippen LogP contribution in [0, 0.1) is 0 Å². The molecule has 0 amide bonds. The Morgan fingerprint density at radius 1 is 1.11 bits per heavy atom. The fourth-order valence-corrected chi connectivity index (χ4v) is 3.42. The first-order valence-corrected chi connectivity index (χ1v) is 7.79. The minimum atomic E-state index is -5.23. The normalized spacial score (nSPS) is 17.9.